The Labute approximate surface area is 609 Å². The van der Waals surface area contributed by atoms with E-state index in [9.17, 15) is 66.7 Å². The van der Waals surface area contributed by atoms with Gasteiger partial charge in [-0.25, -0.2) is 38.0 Å². The number of nitrogens with zero attached hydrogens (tertiary/aromatic N) is 10. The van der Waals surface area contributed by atoms with Gasteiger partial charge in [-0.3, -0.25) is 89.0 Å². The molecule has 4 saturated heterocycles. The third-order valence-electron chi connectivity index (χ3n) is 17.5. The highest BCUT2D eigenvalue weighted by atomic mass is 31.2. The Kier molecular flexibility index (Phi) is 21.9. The number of rotatable bonds is 30. The van der Waals surface area contributed by atoms with Crippen LogP contribution in [0, 0.1) is 6.92 Å². The topological polar surface area (TPSA) is 622 Å². The number of H-pyrrole nitrogens is 4. The van der Waals surface area contributed by atoms with Crippen LogP contribution >= 0.6 is 31.3 Å². The summed E-state index contributed by atoms with van der Waals surface area (Å²) in [5.41, 5.74) is 14.9. The second kappa shape index (κ2) is 31.2. The quantitative estimate of drug-likeness (QED) is 0.0288. The van der Waals surface area contributed by atoms with Crippen LogP contribution in [0.3, 0.4) is 0 Å². The zero-order valence-corrected chi connectivity index (χ0v) is 60.0. The maximum atomic E-state index is 14.7. The van der Waals surface area contributed by atoms with Crippen molar-refractivity contribution in [3.63, 3.8) is 0 Å². The molecule has 10 aromatic rings. The lowest BCUT2D eigenvalue weighted by molar-refractivity contribution is -0.139. The van der Waals surface area contributed by atoms with Gasteiger partial charge in [0.05, 0.1) is 45.4 Å². The Morgan fingerprint density at radius 2 is 0.890 bits per heavy atom. The van der Waals surface area contributed by atoms with Crippen molar-refractivity contribution in [2.75, 3.05) is 37.0 Å². The van der Waals surface area contributed by atoms with Gasteiger partial charge in [-0.15, -0.1) is 0 Å². The molecule has 14 rings (SSSR count). The number of fused-ring (bicyclic) bond motifs is 3. The van der Waals surface area contributed by atoms with Crippen molar-refractivity contribution in [2.45, 2.75) is 126 Å². The standard InChI is InChI=1S/C60H67N17O28P4/c1-29-19-74(60(82)73-52(29)78)42-16-36(39(97-42)23-92-20-32-12-13-33(93-21-30-8-4-2-5-9-30)34(14-32)94-22-31-10-6-3-7-11-31)103-109(90,91)105-56-38(18-45(100-56)77-28-66-48-51(77)69-59(63)72-55(48)81)104-108(88,89)96-25-41-37(17-44(99-41)76-27-65-47-50(76)68-58(62)71-54(47)80)102-107(86,87)95-24-40-35(101-106(83,84)85)15-43(98-40)75-26-64-46-49(75)67-57(61)70-53(46)79/h2-14,19,26-28,35-45,56H,15-18,20-25H2,1H3,(H,86,87)(H,88,89)(H,90,91)(H,73,78,82)(H2,83,84,85)(H3,61,67,70,79)(H3,62,68,71,80)(H3,63,69,72,81)/t35-,36-,37-,38-,39+,40+,41+,42+,43+,44+,45+,56+/m0/s1. The highest BCUT2D eigenvalue weighted by Gasteiger charge is 2.51. The Bertz CT molecular complexity index is 5540. The summed E-state index contributed by atoms with van der Waals surface area (Å²) in [4.78, 5) is 152. The first kappa shape index (κ1) is 76.4. The fourth-order valence-corrected chi connectivity index (χ4v) is 16.0. The molecule has 11 heterocycles. The van der Waals surface area contributed by atoms with Crippen molar-refractivity contribution in [3.8, 4) is 11.5 Å². The van der Waals surface area contributed by atoms with Gasteiger partial charge in [0.1, 0.15) is 80.9 Å². The van der Waals surface area contributed by atoms with Crippen molar-refractivity contribution in [2.24, 2.45) is 0 Å². The van der Waals surface area contributed by atoms with E-state index in [2.05, 4.69) is 49.8 Å². The largest absolute Gasteiger partial charge is 0.485 e. The molecule has 0 bridgehead atoms. The summed E-state index contributed by atoms with van der Waals surface area (Å²) in [6.45, 7) is -0.789. The van der Waals surface area contributed by atoms with Crippen LogP contribution in [-0.2, 0) is 93.4 Å². The molecule has 0 aliphatic carbocycles. The molecule has 580 valence electrons. The molecule has 7 aromatic heterocycles. The van der Waals surface area contributed by atoms with E-state index in [4.69, 9.17) is 82.0 Å². The van der Waals surface area contributed by atoms with Crippen LogP contribution in [-0.4, -0.2) is 161 Å². The number of hydrogen-bond donors (Lipinski definition) is 12. The van der Waals surface area contributed by atoms with E-state index < -0.39 is 172 Å². The Morgan fingerprint density at radius 3 is 1.38 bits per heavy atom. The second-order valence-corrected chi connectivity index (χ2v) is 30.5. The van der Waals surface area contributed by atoms with Gasteiger partial charge in [-0.05, 0) is 35.7 Å². The van der Waals surface area contributed by atoms with E-state index in [1.807, 2.05) is 60.7 Å². The maximum Gasteiger partial charge on any atom is 0.474 e. The van der Waals surface area contributed by atoms with Gasteiger partial charge in [0.15, 0.2) is 51.3 Å². The van der Waals surface area contributed by atoms with Crippen LogP contribution in [0.5, 0.6) is 11.5 Å². The van der Waals surface area contributed by atoms with Crippen molar-refractivity contribution in [3.05, 3.63) is 178 Å². The molecule has 49 heteroatoms. The van der Waals surface area contributed by atoms with Gasteiger partial charge >= 0.3 is 37.0 Å². The van der Waals surface area contributed by atoms with Crippen LogP contribution < -0.4 is 54.6 Å². The number of benzene rings is 3. The number of phosphoric ester groups is 4. The van der Waals surface area contributed by atoms with Crippen LogP contribution in [0.15, 0.2) is 128 Å². The van der Waals surface area contributed by atoms with Crippen LogP contribution in [0.1, 0.15) is 72.8 Å². The lowest BCUT2D eigenvalue weighted by Crippen LogP contribution is -2.33. The Balaban J connectivity index is 0.697. The predicted octanol–water partition coefficient (Wildman–Crippen LogP) is 2.46. The molecule has 0 spiro atoms. The first-order valence-corrected chi connectivity index (χ1v) is 38.8. The van der Waals surface area contributed by atoms with Crippen molar-refractivity contribution in [1.29, 1.82) is 0 Å². The van der Waals surface area contributed by atoms with Crippen LogP contribution in [0.2, 0.25) is 0 Å². The molecule has 15 N–H and O–H groups in total. The third kappa shape index (κ3) is 17.8. The first-order valence-electron chi connectivity index (χ1n) is 32.8. The van der Waals surface area contributed by atoms with Crippen molar-refractivity contribution >= 4 is 82.6 Å². The van der Waals surface area contributed by atoms with Gasteiger partial charge in [0.2, 0.25) is 17.8 Å². The summed E-state index contributed by atoms with van der Waals surface area (Å²) in [6, 6.07) is 24.0. The number of nitrogens with one attached hydrogen (secondary N) is 4. The summed E-state index contributed by atoms with van der Waals surface area (Å²) in [7, 11) is -22.1. The lowest BCUT2D eigenvalue weighted by Gasteiger charge is -2.26. The predicted molar refractivity (Wildman–Crippen MR) is 369 cm³/mol. The minimum Gasteiger partial charge on any atom is -0.485 e. The molecule has 4 fully saturated rings. The molecule has 109 heavy (non-hydrogen) atoms. The number of nitrogens with two attached hydrogens (primary N) is 3. The highest BCUT2D eigenvalue weighted by Crippen LogP contribution is 2.56. The first-order chi connectivity index (χ1) is 51.9. The molecule has 3 aromatic carbocycles. The summed E-state index contributed by atoms with van der Waals surface area (Å²) >= 11 is 0. The second-order valence-electron chi connectivity index (χ2n) is 25.1. The molecule has 45 nitrogen and oxygen atoms in total. The van der Waals surface area contributed by atoms with Gasteiger partial charge < -0.3 is 74.8 Å². The van der Waals surface area contributed by atoms with E-state index in [0.29, 0.717) is 17.1 Å². The molecule has 0 saturated carbocycles. The average molecular weight is 1600 g/mol. The molecular weight excluding hydrogens is 1530 g/mol. The number of aryl methyl sites for hydroxylation is 1. The zero-order chi connectivity index (χ0) is 76.8. The summed E-state index contributed by atoms with van der Waals surface area (Å²) in [5, 5.41) is 0. The minimum atomic E-state index is -5.67. The van der Waals surface area contributed by atoms with E-state index in [-0.39, 0.29) is 83.1 Å². The molecule has 3 unspecified atom stereocenters. The number of aromatic amines is 4. The zero-order valence-electron chi connectivity index (χ0n) is 56.4. The molecule has 0 amide bonds. The summed E-state index contributed by atoms with van der Waals surface area (Å²) in [5.74, 6) is -0.261. The smallest absolute Gasteiger partial charge is 0.474 e. The van der Waals surface area contributed by atoms with E-state index >= 15 is 0 Å². The van der Waals surface area contributed by atoms with Crippen molar-refractivity contribution in [1.82, 2.24) is 68.1 Å². The Morgan fingerprint density at radius 1 is 0.468 bits per heavy atom. The van der Waals surface area contributed by atoms with Crippen molar-refractivity contribution < 1.29 is 108 Å². The molecule has 4 aliphatic rings. The monoisotopic (exact) mass is 1600 g/mol. The Hall–Kier alpha value is -9.37. The molecule has 15 atom stereocenters. The molecule has 0 radical (unpaired) electrons. The molecule has 4 aliphatic heterocycles. The summed E-state index contributed by atoms with van der Waals surface area (Å²) < 4.78 is 142. The van der Waals surface area contributed by atoms with Gasteiger partial charge in [0, 0.05) is 37.4 Å². The number of anilines is 3. The van der Waals surface area contributed by atoms with E-state index in [0.717, 1.165) is 39.2 Å². The fourth-order valence-electron chi connectivity index (χ4n) is 12.5. The van der Waals surface area contributed by atoms with Crippen LogP contribution in [0.25, 0.3) is 33.5 Å². The minimum absolute atomic E-state index is 0.0978. The number of nitrogen functional groups attached to an aromatic ring is 3. The van der Waals surface area contributed by atoms with Gasteiger partial charge in [-0.2, -0.15) is 15.0 Å². The SMILES string of the molecule is Cc1cn([C@H]2C[C@H](OP(=O)(O)O[C@H]3O[C@@H](n4cnc5c(=O)[nH]c(N)nc54)C[C@@H]3OP(=O)(O)OC[C@H]3O[C@@H](n4cnc5c(=O)[nH]c(N)nc54)C[C@@H]3OP(=O)(O)OC[C@H]3O[C@@H](n4cnc5c(=O)[nH]c(N)nc54)C[C@@H]3OP(=O)(O)O)[C@@H](COCc3ccc(OCc4ccccc4)c(OCc4ccccc4)c3)O2)c(=O)[nH]c1=O. The van der Waals surface area contributed by atoms with E-state index in [1.165, 1.54) is 22.3 Å². The highest BCUT2D eigenvalue weighted by molar-refractivity contribution is 7.48. The maximum absolute atomic E-state index is 14.7. The van der Waals surface area contributed by atoms with E-state index in [1.54, 1.807) is 18.2 Å². The molecular formula is C60H67N17O28P4. The number of imidazole rings is 3. The van der Waals surface area contributed by atoms with Gasteiger partial charge in [-0.1, -0.05) is 66.7 Å². The number of ether oxygens (including phenoxy) is 7. The average Bonchev–Trinajstić information content (AvgIpc) is 1.62. The lowest BCUT2D eigenvalue weighted by atomic mass is 10.2. The van der Waals surface area contributed by atoms with Gasteiger partial charge in [0.25, 0.3) is 22.2 Å². The number of aromatic nitrogens is 14. The number of hydrogen-bond acceptors (Lipinski definition) is 32. The fraction of sp³-hybridized carbons (Fsp3) is 0.383. The number of phosphoric acid groups is 4. The van der Waals surface area contributed by atoms with Crippen LogP contribution in [0.4, 0.5) is 17.8 Å². The normalized spacial score (nSPS) is 24.8. The summed E-state index contributed by atoms with van der Waals surface area (Å²) in [6.07, 6.45) is -16.4. The third-order valence-corrected chi connectivity index (χ3v) is 21.0.